The molecule has 1 aromatic carbocycles. The molecule has 0 aromatic heterocycles. The Hall–Kier alpha value is -1.08. The van der Waals surface area contributed by atoms with E-state index in [1.807, 2.05) is 0 Å². The first-order chi connectivity index (χ1) is 7.45. The van der Waals surface area contributed by atoms with Crippen molar-refractivity contribution in [2.45, 2.75) is 24.9 Å². The molecule has 0 spiro atoms. The van der Waals surface area contributed by atoms with Crippen molar-refractivity contribution < 1.29 is 4.74 Å². The minimum atomic E-state index is 0.379. The third kappa shape index (κ3) is 1.61. The second kappa shape index (κ2) is 3.82. The van der Waals surface area contributed by atoms with Gasteiger partial charge in [0.15, 0.2) is 0 Å². The molecular weight excluding hydrogens is 184 g/mol. The second-order valence-corrected chi connectivity index (χ2v) is 4.48. The van der Waals surface area contributed by atoms with Gasteiger partial charge in [-0.25, -0.2) is 0 Å². The molecule has 78 valence electrons. The Kier molecular flexibility index (Phi) is 2.34. The van der Waals surface area contributed by atoms with Gasteiger partial charge in [0.25, 0.3) is 0 Å². The Morgan fingerprint density at radius 1 is 1.13 bits per heavy atom. The lowest BCUT2D eigenvalue weighted by molar-refractivity contribution is 0.122. The summed E-state index contributed by atoms with van der Waals surface area (Å²) in [6.45, 7) is 0.893. The van der Waals surface area contributed by atoms with E-state index in [-0.39, 0.29) is 0 Å². The van der Waals surface area contributed by atoms with Gasteiger partial charge in [0, 0.05) is 5.92 Å². The molecule has 1 saturated heterocycles. The van der Waals surface area contributed by atoms with Crippen LogP contribution in [-0.2, 0) is 4.74 Å². The van der Waals surface area contributed by atoms with Gasteiger partial charge in [-0.3, -0.25) is 0 Å². The maximum atomic E-state index is 5.84. The molecule has 15 heavy (non-hydrogen) atoms. The summed E-state index contributed by atoms with van der Waals surface area (Å²) in [6, 6.07) is 10.8. The average molecular weight is 200 g/mol. The first-order valence-electron chi connectivity index (χ1n) is 5.78. The van der Waals surface area contributed by atoms with Crippen LogP contribution in [-0.4, -0.2) is 12.7 Å². The van der Waals surface area contributed by atoms with Gasteiger partial charge in [0.05, 0.1) is 12.7 Å². The SMILES string of the molecule is C1=C[C@@H]2OC[C@@H](c3ccccc3)[C@@H]2CC1. The summed E-state index contributed by atoms with van der Waals surface area (Å²) in [5, 5.41) is 0. The van der Waals surface area contributed by atoms with Crippen LogP contribution in [0.15, 0.2) is 42.5 Å². The highest BCUT2D eigenvalue weighted by atomic mass is 16.5. The zero-order valence-electron chi connectivity index (χ0n) is 8.80. The average Bonchev–Trinajstić information content (AvgIpc) is 2.74. The fourth-order valence-corrected chi connectivity index (χ4v) is 2.82. The van der Waals surface area contributed by atoms with Crippen LogP contribution in [0.3, 0.4) is 0 Å². The number of hydrogen-bond donors (Lipinski definition) is 0. The molecule has 1 aromatic rings. The van der Waals surface area contributed by atoms with E-state index < -0.39 is 0 Å². The van der Waals surface area contributed by atoms with Crippen molar-refractivity contribution in [2.75, 3.05) is 6.61 Å². The lowest BCUT2D eigenvalue weighted by atomic mass is 9.80. The molecule has 1 heterocycles. The highest BCUT2D eigenvalue weighted by Gasteiger charge is 2.37. The predicted molar refractivity (Wildman–Crippen MR) is 60.8 cm³/mol. The van der Waals surface area contributed by atoms with E-state index in [1.54, 1.807) is 0 Å². The molecule has 1 heteroatoms. The summed E-state index contributed by atoms with van der Waals surface area (Å²) in [6.07, 6.45) is 7.38. The largest absolute Gasteiger partial charge is 0.373 e. The number of fused-ring (bicyclic) bond motifs is 1. The number of hydrogen-bond acceptors (Lipinski definition) is 1. The van der Waals surface area contributed by atoms with E-state index in [2.05, 4.69) is 42.5 Å². The Morgan fingerprint density at radius 3 is 2.87 bits per heavy atom. The monoisotopic (exact) mass is 200 g/mol. The first-order valence-corrected chi connectivity index (χ1v) is 5.78. The van der Waals surface area contributed by atoms with E-state index in [0.29, 0.717) is 17.9 Å². The molecule has 1 aliphatic heterocycles. The Labute approximate surface area is 90.8 Å². The third-order valence-electron chi connectivity index (χ3n) is 3.63. The Morgan fingerprint density at radius 2 is 2.00 bits per heavy atom. The second-order valence-electron chi connectivity index (χ2n) is 4.48. The predicted octanol–water partition coefficient (Wildman–Crippen LogP) is 3.14. The van der Waals surface area contributed by atoms with Crippen molar-refractivity contribution in [3.05, 3.63) is 48.0 Å². The topological polar surface area (TPSA) is 9.23 Å². The van der Waals surface area contributed by atoms with Crippen molar-refractivity contribution in [1.82, 2.24) is 0 Å². The van der Waals surface area contributed by atoms with Crippen LogP contribution in [0.5, 0.6) is 0 Å². The highest BCUT2D eigenvalue weighted by Crippen LogP contribution is 2.40. The molecule has 0 unspecified atom stereocenters. The molecule has 0 amide bonds. The van der Waals surface area contributed by atoms with Crippen LogP contribution in [0.1, 0.15) is 24.3 Å². The molecule has 3 atom stereocenters. The summed E-state index contributed by atoms with van der Waals surface area (Å²) in [4.78, 5) is 0. The van der Waals surface area contributed by atoms with Crippen LogP contribution in [0, 0.1) is 5.92 Å². The zero-order chi connectivity index (χ0) is 10.1. The number of allylic oxidation sites excluding steroid dienone is 1. The van der Waals surface area contributed by atoms with Gasteiger partial charge in [0.1, 0.15) is 0 Å². The third-order valence-corrected chi connectivity index (χ3v) is 3.63. The summed E-state index contributed by atoms with van der Waals surface area (Å²) in [5.41, 5.74) is 1.44. The van der Waals surface area contributed by atoms with Crippen molar-refractivity contribution in [3.8, 4) is 0 Å². The van der Waals surface area contributed by atoms with Crippen molar-refractivity contribution in [2.24, 2.45) is 5.92 Å². The number of benzene rings is 1. The summed E-state index contributed by atoms with van der Waals surface area (Å²) in [7, 11) is 0. The molecule has 0 radical (unpaired) electrons. The van der Waals surface area contributed by atoms with E-state index in [0.717, 1.165) is 6.61 Å². The fourth-order valence-electron chi connectivity index (χ4n) is 2.82. The van der Waals surface area contributed by atoms with E-state index in [1.165, 1.54) is 18.4 Å². The van der Waals surface area contributed by atoms with Gasteiger partial charge in [-0.2, -0.15) is 0 Å². The molecule has 1 nitrogen and oxygen atoms in total. The summed E-state index contributed by atoms with van der Waals surface area (Å²) in [5.74, 6) is 1.32. The Bertz CT molecular complexity index is 355. The normalized spacial score (nSPS) is 34.0. The molecule has 0 saturated carbocycles. The molecule has 3 rings (SSSR count). The van der Waals surface area contributed by atoms with Gasteiger partial charge in [-0.1, -0.05) is 42.5 Å². The quantitative estimate of drug-likeness (QED) is 0.633. The van der Waals surface area contributed by atoms with Crippen molar-refractivity contribution >= 4 is 0 Å². The van der Waals surface area contributed by atoms with Gasteiger partial charge >= 0.3 is 0 Å². The van der Waals surface area contributed by atoms with Crippen molar-refractivity contribution in [3.63, 3.8) is 0 Å². The minimum Gasteiger partial charge on any atom is -0.373 e. The first kappa shape index (κ1) is 9.17. The van der Waals surface area contributed by atoms with Gasteiger partial charge in [-0.15, -0.1) is 0 Å². The van der Waals surface area contributed by atoms with Crippen LogP contribution in [0.2, 0.25) is 0 Å². The molecule has 1 fully saturated rings. The maximum absolute atomic E-state index is 5.84. The lowest BCUT2D eigenvalue weighted by Crippen LogP contribution is -2.20. The van der Waals surface area contributed by atoms with E-state index in [4.69, 9.17) is 4.74 Å². The fraction of sp³-hybridized carbons (Fsp3) is 0.429. The van der Waals surface area contributed by atoms with Crippen LogP contribution >= 0.6 is 0 Å². The summed E-state index contributed by atoms with van der Waals surface area (Å²) < 4.78 is 5.84. The highest BCUT2D eigenvalue weighted by molar-refractivity contribution is 5.23. The molecule has 2 aliphatic rings. The number of rotatable bonds is 1. The molecular formula is C14H16O. The summed E-state index contributed by atoms with van der Waals surface area (Å²) >= 11 is 0. The minimum absolute atomic E-state index is 0.379. The standard InChI is InChI=1S/C14H16O/c1-2-6-11(7-3-1)13-10-15-14-9-5-4-8-12(13)14/h1-3,5-7,9,12-14H,4,8,10H2/t12-,13-,14-/m0/s1. The molecule has 0 N–H and O–H groups in total. The van der Waals surface area contributed by atoms with Crippen LogP contribution < -0.4 is 0 Å². The van der Waals surface area contributed by atoms with Gasteiger partial charge in [0.2, 0.25) is 0 Å². The van der Waals surface area contributed by atoms with Gasteiger partial charge in [-0.05, 0) is 24.3 Å². The maximum Gasteiger partial charge on any atom is 0.0791 e. The number of ether oxygens (including phenoxy) is 1. The smallest absolute Gasteiger partial charge is 0.0791 e. The van der Waals surface area contributed by atoms with Crippen LogP contribution in [0.25, 0.3) is 0 Å². The van der Waals surface area contributed by atoms with Crippen molar-refractivity contribution in [1.29, 1.82) is 0 Å². The van der Waals surface area contributed by atoms with Gasteiger partial charge < -0.3 is 4.74 Å². The Balaban J connectivity index is 1.87. The lowest BCUT2D eigenvalue weighted by Gasteiger charge is -2.23. The van der Waals surface area contributed by atoms with E-state index in [9.17, 15) is 0 Å². The van der Waals surface area contributed by atoms with E-state index >= 15 is 0 Å². The van der Waals surface area contributed by atoms with Crippen LogP contribution in [0.4, 0.5) is 0 Å². The zero-order valence-corrected chi connectivity index (χ0v) is 8.80. The molecule has 0 bridgehead atoms. The molecule has 1 aliphatic carbocycles.